The largest absolute Gasteiger partial charge is 0.491 e. The monoisotopic (exact) mass is 286 g/mol. The van der Waals surface area contributed by atoms with Crippen LogP contribution in [0.1, 0.15) is 0 Å². The van der Waals surface area contributed by atoms with Crippen LogP contribution in [0.15, 0.2) is 36.4 Å². The fraction of sp³-hybridized carbons (Fsp3) is 0.250. The van der Waals surface area contributed by atoms with Crippen LogP contribution in [-0.4, -0.2) is 26.4 Å². The molecule has 110 valence electrons. The zero-order valence-corrected chi connectivity index (χ0v) is 11.7. The molecule has 0 fully saturated rings. The third-order valence-corrected chi connectivity index (χ3v) is 3.33. The molecule has 5 nitrogen and oxygen atoms in total. The molecule has 4 bridgehead atoms. The zero-order chi connectivity index (χ0) is 14.7. The molecule has 0 amide bonds. The van der Waals surface area contributed by atoms with Crippen molar-refractivity contribution in [2.24, 2.45) is 0 Å². The molecule has 0 unspecified atom stereocenters. The van der Waals surface area contributed by atoms with E-state index in [9.17, 15) is 0 Å². The van der Waals surface area contributed by atoms with E-state index in [-0.39, 0.29) is 0 Å². The molecule has 0 saturated carbocycles. The van der Waals surface area contributed by atoms with Gasteiger partial charge < -0.3 is 25.7 Å². The van der Waals surface area contributed by atoms with Crippen LogP contribution < -0.4 is 20.9 Å². The summed E-state index contributed by atoms with van der Waals surface area (Å²) in [6.07, 6.45) is 0. The van der Waals surface area contributed by atoms with Crippen molar-refractivity contribution in [3.8, 4) is 22.6 Å². The Bertz CT molecular complexity index is 588. The topological polar surface area (TPSA) is 79.7 Å². The van der Waals surface area contributed by atoms with Crippen LogP contribution in [0.25, 0.3) is 11.1 Å². The molecule has 0 spiro atoms. The van der Waals surface area contributed by atoms with Crippen molar-refractivity contribution in [3.05, 3.63) is 36.4 Å². The second-order valence-corrected chi connectivity index (χ2v) is 4.81. The Morgan fingerprint density at radius 2 is 1.14 bits per heavy atom. The highest BCUT2D eigenvalue weighted by Crippen LogP contribution is 2.35. The Morgan fingerprint density at radius 1 is 0.667 bits per heavy atom. The van der Waals surface area contributed by atoms with Gasteiger partial charge >= 0.3 is 0 Å². The van der Waals surface area contributed by atoms with E-state index in [0.717, 1.165) is 22.6 Å². The fourth-order valence-corrected chi connectivity index (χ4v) is 2.29. The molecule has 3 aliphatic heterocycles. The van der Waals surface area contributed by atoms with Crippen molar-refractivity contribution in [1.29, 1.82) is 0 Å². The van der Waals surface area contributed by atoms with E-state index in [1.54, 1.807) is 12.1 Å². The van der Waals surface area contributed by atoms with E-state index in [2.05, 4.69) is 0 Å². The molecule has 0 aliphatic carbocycles. The van der Waals surface area contributed by atoms with Crippen molar-refractivity contribution in [2.45, 2.75) is 0 Å². The summed E-state index contributed by atoms with van der Waals surface area (Å²) in [5.74, 6) is 1.45. The molecule has 2 aromatic carbocycles. The van der Waals surface area contributed by atoms with Gasteiger partial charge in [-0.3, -0.25) is 0 Å². The first-order valence-corrected chi connectivity index (χ1v) is 6.87. The second kappa shape index (κ2) is 5.93. The minimum absolute atomic E-state index is 0.477. The van der Waals surface area contributed by atoms with E-state index in [1.807, 2.05) is 24.3 Å². The molecule has 4 N–H and O–H groups in total. The molecule has 0 radical (unpaired) electrons. The first-order chi connectivity index (χ1) is 10.2. The Hall–Kier alpha value is -2.40. The lowest BCUT2D eigenvalue weighted by Crippen LogP contribution is -2.12. The van der Waals surface area contributed by atoms with Gasteiger partial charge in [0.1, 0.15) is 24.7 Å². The minimum atomic E-state index is 0.477. The van der Waals surface area contributed by atoms with Gasteiger partial charge in [-0.15, -0.1) is 0 Å². The summed E-state index contributed by atoms with van der Waals surface area (Å²) < 4.78 is 16.6. The lowest BCUT2D eigenvalue weighted by atomic mass is 10.0. The average molecular weight is 286 g/mol. The van der Waals surface area contributed by atoms with Gasteiger partial charge in [0.05, 0.1) is 13.2 Å². The highest BCUT2D eigenvalue weighted by Gasteiger charge is 2.09. The van der Waals surface area contributed by atoms with E-state index in [0.29, 0.717) is 37.8 Å². The van der Waals surface area contributed by atoms with E-state index < -0.39 is 0 Å². The highest BCUT2D eigenvalue weighted by molar-refractivity contribution is 5.85. The van der Waals surface area contributed by atoms with Crippen LogP contribution in [0.4, 0.5) is 11.4 Å². The summed E-state index contributed by atoms with van der Waals surface area (Å²) >= 11 is 0. The van der Waals surface area contributed by atoms with Gasteiger partial charge in [-0.2, -0.15) is 0 Å². The molecule has 0 atom stereocenters. The van der Waals surface area contributed by atoms with Gasteiger partial charge in [-0.05, 0) is 24.3 Å². The Morgan fingerprint density at radius 3 is 1.57 bits per heavy atom. The number of hydrogen-bond donors (Lipinski definition) is 2. The molecular weight excluding hydrogens is 268 g/mol. The molecule has 3 aliphatic rings. The summed E-state index contributed by atoms with van der Waals surface area (Å²) in [6, 6.07) is 11.2. The number of ether oxygens (including phenoxy) is 3. The summed E-state index contributed by atoms with van der Waals surface area (Å²) in [5, 5.41) is 0. The SMILES string of the molecule is Nc1cc2ccc1-c1ccc(cc1N)OCCOCCO2. The molecule has 21 heavy (non-hydrogen) atoms. The first-order valence-electron chi connectivity index (χ1n) is 6.87. The number of nitrogens with two attached hydrogens (primary N) is 2. The van der Waals surface area contributed by atoms with Crippen LogP contribution in [-0.2, 0) is 4.74 Å². The minimum Gasteiger partial charge on any atom is -0.491 e. The lowest BCUT2D eigenvalue weighted by Gasteiger charge is -2.12. The molecule has 0 aromatic heterocycles. The number of benzene rings is 2. The van der Waals surface area contributed by atoms with Crippen molar-refractivity contribution in [2.75, 3.05) is 37.9 Å². The maximum absolute atomic E-state index is 6.11. The zero-order valence-electron chi connectivity index (χ0n) is 11.7. The predicted molar refractivity (Wildman–Crippen MR) is 82.5 cm³/mol. The van der Waals surface area contributed by atoms with E-state index in [1.165, 1.54) is 0 Å². The summed E-state index contributed by atoms with van der Waals surface area (Å²) in [6.45, 7) is 1.96. The average Bonchev–Trinajstić information content (AvgIpc) is 2.48. The summed E-state index contributed by atoms with van der Waals surface area (Å²) in [5.41, 5.74) is 15.3. The normalized spacial score (nSPS) is 14.9. The lowest BCUT2D eigenvalue weighted by molar-refractivity contribution is 0.0765. The van der Waals surface area contributed by atoms with Crippen molar-refractivity contribution in [1.82, 2.24) is 0 Å². The van der Waals surface area contributed by atoms with Gasteiger partial charge in [-0.25, -0.2) is 0 Å². The first kappa shape index (κ1) is 13.6. The molecule has 5 heteroatoms. The smallest absolute Gasteiger partial charge is 0.121 e. The molecular formula is C16H18N2O3. The van der Waals surface area contributed by atoms with Crippen LogP contribution in [0, 0.1) is 0 Å². The van der Waals surface area contributed by atoms with Crippen LogP contribution in [0.3, 0.4) is 0 Å². The quantitative estimate of drug-likeness (QED) is 0.726. The number of nitrogen functional groups attached to an aromatic ring is 2. The Balaban J connectivity index is 2.02. The van der Waals surface area contributed by atoms with Crippen molar-refractivity contribution in [3.63, 3.8) is 0 Å². The number of rotatable bonds is 0. The van der Waals surface area contributed by atoms with Crippen LogP contribution in [0.2, 0.25) is 0 Å². The molecule has 0 saturated heterocycles. The molecule has 3 heterocycles. The van der Waals surface area contributed by atoms with Crippen LogP contribution in [0.5, 0.6) is 11.5 Å². The van der Waals surface area contributed by atoms with Crippen molar-refractivity contribution >= 4 is 11.4 Å². The van der Waals surface area contributed by atoms with Gasteiger partial charge in [0.2, 0.25) is 0 Å². The molecule has 5 rings (SSSR count). The number of anilines is 2. The highest BCUT2D eigenvalue weighted by atomic mass is 16.5. The maximum atomic E-state index is 6.11. The Labute approximate surface area is 123 Å². The second-order valence-electron chi connectivity index (χ2n) is 4.81. The van der Waals surface area contributed by atoms with Gasteiger partial charge in [0.25, 0.3) is 0 Å². The van der Waals surface area contributed by atoms with E-state index >= 15 is 0 Å². The van der Waals surface area contributed by atoms with Crippen LogP contribution >= 0.6 is 0 Å². The van der Waals surface area contributed by atoms with Crippen molar-refractivity contribution < 1.29 is 14.2 Å². The van der Waals surface area contributed by atoms with Gasteiger partial charge in [0, 0.05) is 34.6 Å². The maximum Gasteiger partial charge on any atom is 0.121 e. The number of hydrogen-bond acceptors (Lipinski definition) is 5. The summed E-state index contributed by atoms with van der Waals surface area (Å²) in [7, 11) is 0. The van der Waals surface area contributed by atoms with Gasteiger partial charge in [-0.1, -0.05) is 0 Å². The Kier molecular flexibility index (Phi) is 3.83. The van der Waals surface area contributed by atoms with E-state index in [4.69, 9.17) is 25.7 Å². The molecule has 2 aromatic rings. The number of fused-ring (bicyclic) bond motifs is 2. The third-order valence-electron chi connectivity index (χ3n) is 3.33. The third kappa shape index (κ3) is 3.03. The standard InChI is InChI=1S/C16H18N2O3/c17-15-9-11-1-3-13(15)14-4-2-12(10-16(14)18)21-8-6-19-5-7-20-11/h1-4,9-10H,5-8,17-18H2. The summed E-state index contributed by atoms with van der Waals surface area (Å²) in [4.78, 5) is 0. The fourth-order valence-electron chi connectivity index (χ4n) is 2.29. The van der Waals surface area contributed by atoms with Gasteiger partial charge in [0.15, 0.2) is 0 Å². The predicted octanol–water partition coefficient (Wildman–Crippen LogP) is 2.31.